The SMILES string of the molecule is CCc1cccc(OCC(O)Cn2nc(-c3ccc(F)cc3)oc2=O)c1. The molecule has 0 aliphatic carbocycles. The molecule has 1 heterocycles. The normalized spacial score (nSPS) is 12.1. The zero-order valence-corrected chi connectivity index (χ0v) is 14.3. The van der Waals surface area contributed by atoms with Gasteiger partial charge in [-0.3, -0.25) is 0 Å². The Labute approximate surface area is 149 Å². The van der Waals surface area contributed by atoms with E-state index >= 15 is 0 Å². The molecule has 1 unspecified atom stereocenters. The molecule has 1 N–H and O–H groups in total. The molecular weight excluding hydrogens is 339 g/mol. The maximum absolute atomic E-state index is 13.0. The zero-order valence-electron chi connectivity index (χ0n) is 14.3. The molecular formula is C19H19FN2O4. The first-order chi connectivity index (χ1) is 12.5. The Morgan fingerprint density at radius 1 is 1.27 bits per heavy atom. The number of nitrogens with zero attached hydrogens (tertiary/aromatic N) is 2. The predicted molar refractivity (Wildman–Crippen MR) is 93.5 cm³/mol. The quantitative estimate of drug-likeness (QED) is 0.703. The van der Waals surface area contributed by atoms with Crippen LogP contribution in [0.2, 0.25) is 0 Å². The molecule has 0 spiro atoms. The molecule has 0 aliphatic rings. The van der Waals surface area contributed by atoms with Crippen molar-refractivity contribution in [1.29, 1.82) is 0 Å². The van der Waals surface area contributed by atoms with Gasteiger partial charge < -0.3 is 14.3 Å². The third kappa shape index (κ3) is 4.37. The average molecular weight is 358 g/mol. The van der Waals surface area contributed by atoms with Gasteiger partial charge in [-0.15, -0.1) is 5.10 Å². The number of hydrogen-bond donors (Lipinski definition) is 1. The zero-order chi connectivity index (χ0) is 18.5. The van der Waals surface area contributed by atoms with Gasteiger partial charge in [-0.05, 0) is 48.4 Å². The highest BCUT2D eigenvalue weighted by molar-refractivity contribution is 5.51. The van der Waals surface area contributed by atoms with Crippen LogP contribution in [0, 0.1) is 5.82 Å². The summed E-state index contributed by atoms with van der Waals surface area (Å²) in [5.74, 6) is -0.367. The molecule has 1 atom stereocenters. The van der Waals surface area contributed by atoms with E-state index in [1.54, 1.807) is 6.07 Å². The van der Waals surface area contributed by atoms with Crippen LogP contribution in [0.5, 0.6) is 5.75 Å². The lowest BCUT2D eigenvalue weighted by atomic mass is 10.2. The van der Waals surface area contributed by atoms with E-state index in [4.69, 9.17) is 9.15 Å². The van der Waals surface area contributed by atoms with E-state index in [0.717, 1.165) is 16.7 Å². The van der Waals surface area contributed by atoms with Crippen molar-refractivity contribution in [3.8, 4) is 17.2 Å². The maximum atomic E-state index is 13.0. The van der Waals surface area contributed by atoms with Crippen molar-refractivity contribution < 1.29 is 18.7 Å². The van der Waals surface area contributed by atoms with E-state index < -0.39 is 17.7 Å². The molecule has 0 saturated carbocycles. The standard InChI is InChI=1S/C19H19FN2O4/c1-2-13-4-3-5-17(10-13)25-12-16(23)11-22-19(24)26-18(21-22)14-6-8-15(20)9-7-14/h3-10,16,23H,2,11-12H2,1H3. The molecule has 0 radical (unpaired) electrons. The molecule has 6 nitrogen and oxygen atoms in total. The molecule has 0 aliphatic heterocycles. The number of ether oxygens (including phenoxy) is 1. The van der Waals surface area contributed by atoms with Crippen molar-refractivity contribution >= 4 is 0 Å². The van der Waals surface area contributed by atoms with E-state index in [1.165, 1.54) is 24.3 Å². The molecule has 7 heteroatoms. The summed E-state index contributed by atoms with van der Waals surface area (Å²) in [6, 6.07) is 13.0. The maximum Gasteiger partial charge on any atom is 0.437 e. The fourth-order valence-corrected chi connectivity index (χ4v) is 2.43. The Hall–Kier alpha value is -2.93. The first-order valence-electron chi connectivity index (χ1n) is 8.29. The van der Waals surface area contributed by atoms with Gasteiger partial charge in [0, 0.05) is 5.56 Å². The molecule has 2 aromatic carbocycles. The van der Waals surface area contributed by atoms with Crippen LogP contribution in [-0.4, -0.2) is 27.6 Å². The number of rotatable bonds is 7. The van der Waals surface area contributed by atoms with Crippen LogP contribution >= 0.6 is 0 Å². The first-order valence-corrected chi connectivity index (χ1v) is 8.29. The molecule has 26 heavy (non-hydrogen) atoms. The second-order valence-corrected chi connectivity index (χ2v) is 5.83. The summed E-state index contributed by atoms with van der Waals surface area (Å²) in [4.78, 5) is 11.9. The van der Waals surface area contributed by atoms with Gasteiger partial charge in [-0.2, -0.15) is 4.68 Å². The summed E-state index contributed by atoms with van der Waals surface area (Å²) in [5.41, 5.74) is 1.61. The second-order valence-electron chi connectivity index (χ2n) is 5.83. The minimum Gasteiger partial charge on any atom is -0.491 e. The molecule has 136 valence electrons. The number of benzene rings is 2. The van der Waals surface area contributed by atoms with Crippen LogP contribution in [0.25, 0.3) is 11.5 Å². The fraction of sp³-hybridized carbons (Fsp3) is 0.263. The lowest BCUT2D eigenvalue weighted by Gasteiger charge is -2.12. The Balaban J connectivity index is 1.63. The Morgan fingerprint density at radius 3 is 2.77 bits per heavy atom. The van der Waals surface area contributed by atoms with Gasteiger partial charge in [0.05, 0.1) is 6.54 Å². The number of aromatic nitrogens is 2. The van der Waals surface area contributed by atoms with Crippen LogP contribution in [-0.2, 0) is 13.0 Å². The highest BCUT2D eigenvalue weighted by Crippen LogP contribution is 2.16. The Kier molecular flexibility index (Phi) is 5.48. The van der Waals surface area contributed by atoms with Gasteiger partial charge in [0.2, 0.25) is 5.89 Å². The molecule has 0 fully saturated rings. The van der Waals surface area contributed by atoms with Gasteiger partial charge in [0.1, 0.15) is 24.3 Å². The van der Waals surface area contributed by atoms with E-state index in [0.29, 0.717) is 11.3 Å². The van der Waals surface area contributed by atoms with Gasteiger partial charge in [-0.25, -0.2) is 9.18 Å². The first kappa shape index (κ1) is 17.9. The highest BCUT2D eigenvalue weighted by atomic mass is 19.1. The predicted octanol–water partition coefficient (Wildman–Crippen LogP) is 2.64. The summed E-state index contributed by atoms with van der Waals surface area (Å²) in [7, 11) is 0. The van der Waals surface area contributed by atoms with Crippen LogP contribution in [0.1, 0.15) is 12.5 Å². The summed E-state index contributed by atoms with van der Waals surface area (Å²) < 4.78 is 24.6. The van der Waals surface area contributed by atoms with Crippen LogP contribution in [0.15, 0.2) is 57.7 Å². The largest absolute Gasteiger partial charge is 0.491 e. The summed E-state index contributed by atoms with van der Waals surface area (Å²) in [6.45, 7) is 1.99. The summed E-state index contributed by atoms with van der Waals surface area (Å²) >= 11 is 0. The van der Waals surface area contributed by atoms with Gasteiger partial charge in [-0.1, -0.05) is 19.1 Å². The summed E-state index contributed by atoms with van der Waals surface area (Å²) in [5, 5.41) is 14.1. The number of aliphatic hydroxyl groups excluding tert-OH is 1. The third-order valence-corrected chi connectivity index (χ3v) is 3.83. The van der Waals surface area contributed by atoms with E-state index in [1.807, 2.05) is 25.1 Å². The van der Waals surface area contributed by atoms with Gasteiger partial charge in [0.15, 0.2) is 0 Å². The second kappa shape index (κ2) is 7.97. The van der Waals surface area contributed by atoms with Crippen LogP contribution in [0.4, 0.5) is 4.39 Å². The number of aliphatic hydroxyl groups is 1. The van der Waals surface area contributed by atoms with Crippen molar-refractivity contribution in [2.45, 2.75) is 26.0 Å². The average Bonchev–Trinajstić information content (AvgIpc) is 3.01. The number of aryl methyl sites for hydroxylation is 1. The lowest BCUT2D eigenvalue weighted by Crippen LogP contribution is -2.29. The molecule has 0 bridgehead atoms. The van der Waals surface area contributed by atoms with Crippen molar-refractivity contribution in [3.63, 3.8) is 0 Å². The Bertz CT molecular complexity index is 918. The van der Waals surface area contributed by atoms with Crippen molar-refractivity contribution in [2.75, 3.05) is 6.61 Å². The van der Waals surface area contributed by atoms with E-state index in [-0.39, 0.29) is 19.0 Å². The molecule has 0 saturated heterocycles. The van der Waals surface area contributed by atoms with Crippen molar-refractivity contribution in [2.24, 2.45) is 0 Å². The highest BCUT2D eigenvalue weighted by Gasteiger charge is 2.14. The number of halogens is 1. The van der Waals surface area contributed by atoms with E-state index in [9.17, 15) is 14.3 Å². The molecule has 3 rings (SSSR count). The molecule has 3 aromatic rings. The molecule has 1 aromatic heterocycles. The minimum absolute atomic E-state index is 0.0123. The summed E-state index contributed by atoms with van der Waals surface area (Å²) in [6.07, 6.45) is -0.0515. The minimum atomic E-state index is -0.941. The van der Waals surface area contributed by atoms with Gasteiger partial charge >= 0.3 is 5.76 Å². The van der Waals surface area contributed by atoms with Crippen molar-refractivity contribution in [3.05, 3.63) is 70.5 Å². The van der Waals surface area contributed by atoms with Crippen molar-refractivity contribution in [1.82, 2.24) is 9.78 Å². The van der Waals surface area contributed by atoms with Crippen LogP contribution < -0.4 is 10.5 Å². The number of hydrogen-bond acceptors (Lipinski definition) is 5. The monoisotopic (exact) mass is 358 g/mol. The fourth-order valence-electron chi connectivity index (χ4n) is 2.43. The Morgan fingerprint density at radius 2 is 2.04 bits per heavy atom. The van der Waals surface area contributed by atoms with Gasteiger partial charge in [0.25, 0.3) is 0 Å². The third-order valence-electron chi connectivity index (χ3n) is 3.83. The van der Waals surface area contributed by atoms with Crippen LogP contribution in [0.3, 0.4) is 0 Å². The molecule has 0 amide bonds. The topological polar surface area (TPSA) is 77.5 Å². The lowest BCUT2D eigenvalue weighted by molar-refractivity contribution is 0.0875. The van der Waals surface area contributed by atoms with E-state index in [2.05, 4.69) is 5.10 Å². The smallest absolute Gasteiger partial charge is 0.437 e.